The van der Waals surface area contributed by atoms with Gasteiger partial charge in [-0.15, -0.1) is 0 Å². The van der Waals surface area contributed by atoms with Crippen molar-refractivity contribution in [3.05, 3.63) is 0 Å². The van der Waals surface area contributed by atoms with E-state index in [0.29, 0.717) is 25.7 Å². The summed E-state index contributed by atoms with van der Waals surface area (Å²) < 4.78 is 83.1. The van der Waals surface area contributed by atoms with E-state index in [4.69, 9.17) is 22.6 Å². The summed E-state index contributed by atoms with van der Waals surface area (Å²) in [6.07, 6.45) is -5.07. The molecule has 0 aromatic rings. The van der Waals surface area contributed by atoms with Crippen molar-refractivity contribution in [2.45, 2.75) is 116 Å². The highest BCUT2D eigenvalue weighted by Crippen LogP contribution is 2.65. The Bertz CT molecular complexity index is 1350. The Morgan fingerprint density at radius 2 is 1.10 bits per heavy atom. The van der Waals surface area contributed by atoms with Gasteiger partial charge >= 0.3 is 0 Å². The summed E-state index contributed by atoms with van der Waals surface area (Å²) in [5.74, 6) is -2.73. The summed E-state index contributed by atoms with van der Waals surface area (Å²) in [6.45, 7) is 9.10. The van der Waals surface area contributed by atoms with Crippen molar-refractivity contribution in [2.75, 3.05) is 11.5 Å². The van der Waals surface area contributed by atoms with Gasteiger partial charge in [-0.05, 0) is 48.3 Å². The summed E-state index contributed by atoms with van der Waals surface area (Å²) in [5.41, 5.74) is -3.23. The molecule has 12 nitrogen and oxygen atoms in total. The van der Waals surface area contributed by atoms with Gasteiger partial charge in [0, 0.05) is 19.8 Å². The van der Waals surface area contributed by atoms with Crippen LogP contribution in [0.4, 0.5) is 0 Å². The van der Waals surface area contributed by atoms with Gasteiger partial charge in [0.25, 0.3) is 26.2 Å². The van der Waals surface area contributed by atoms with E-state index in [9.17, 15) is 31.5 Å². The van der Waals surface area contributed by atoms with Crippen LogP contribution in [0.1, 0.15) is 73.1 Å². The molecule has 8 rings (SSSR count). The largest absolute Gasteiger partial charge is 0.387 e. The van der Waals surface area contributed by atoms with Gasteiger partial charge in [-0.1, -0.05) is 27.7 Å². The third-order valence-electron chi connectivity index (χ3n) is 12.7. The van der Waals surface area contributed by atoms with E-state index < -0.39 is 96.0 Å². The van der Waals surface area contributed by atoms with Crippen LogP contribution in [0.15, 0.2) is 0 Å². The predicted octanol–water partition coefficient (Wildman–Crippen LogP) is 1.44. The van der Waals surface area contributed by atoms with E-state index >= 15 is 0 Å². The molecule has 3 saturated heterocycles. The van der Waals surface area contributed by atoms with E-state index in [1.165, 1.54) is 6.92 Å². The van der Waals surface area contributed by atoms with Crippen molar-refractivity contribution in [3.8, 4) is 0 Å². The number of fused-ring (bicyclic) bond motifs is 4. The Kier molecular flexibility index (Phi) is 6.10. The molecule has 3 unspecified atom stereocenters. The fourth-order valence-corrected chi connectivity index (χ4v) is 13.6. The number of ether oxygens (including phenoxy) is 3. The number of ketones is 2. The molecule has 5 saturated carbocycles. The van der Waals surface area contributed by atoms with Gasteiger partial charge in [-0.25, -0.2) is 0 Å². The molecule has 8 aliphatic rings. The van der Waals surface area contributed by atoms with Crippen LogP contribution in [0.3, 0.4) is 0 Å². The number of hydrogen-bond donors (Lipinski definition) is 1. The maximum atomic E-state index is 13.6. The first-order valence-electron chi connectivity index (χ1n) is 14.9. The molecule has 3 aliphatic heterocycles. The van der Waals surface area contributed by atoms with E-state index in [0.717, 1.165) is 12.8 Å². The molecule has 236 valence electrons. The Labute approximate surface area is 246 Å². The number of rotatable bonds is 8. The first kappa shape index (κ1) is 29.7. The lowest BCUT2D eigenvalue weighted by Gasteiger charge is -2.60. The fraction of sp³-hybridized carbons (Fsp3) is 0.929. The first-order valence-corrected chi connectivity index (χ1v) is 18.0. The molecule has 0 spiro atoms. The second-order valence-corrected chi connectivity index (χ2v) is 18.2. The van der Waals surface area contributed by atoms with Crippen molar-refractivity contribution < 1.29 is 54.1 Å². The van der Waals surface area contributed by atoms with E-state index in [1.54, 1.807) is 0 Å². The Hall–Kier alpha value is -1.00. The summed E-state index contributed by atoms with van der Waals surface area (Å²) in [6, 6.07) is 0. The number of carbonyl (C=O) groups excluding carboxylic acids is 2. The smallest absolute Gasteiger partial charge is 0.281 e. The Balaban J connectivity index is 1.16. The molecular formula is C28H40O12S2. The van der Waals surface area contributed by atoms with Gasteiger partial charge in [0.1, 0.15) is 48.2 Å². The fourth-order valence-electron chi connectivity index (χ4n) is 9.81. The zero-order valence-electron chi connectivity index (χ0n) is 24.5. The van der Waals surface area contributed by atoms with Crippen LogP contribution in [0.25, 0.3) is 0 Å². The SMILES string of the molecule is CC12OC3[C@@H](OS(=O)(=O)C[C@]45CC[C@H](CC4=O)C5(C)C)[C@H](O1)C(O)[C@H](O2)[C@H]3OS(=O)(=O)C[C@]12CC[C@H](CC1=O)C2(C)C. The third-order valence-corrected chi connectivity index (χ3v) is 15.4. The minimum Gasteiger partial charge on any atom is -0.387 e. The lowest BCUT2D eigenvalue weighted by atomic mass is 9.70. The van der Waals surface area contributed by atoms with Crippen molar-refractivity contribution in [1.82, 2.24) is 0 Å². The number of carbonyl (C=O) groups is 2. The molecule has 0 aromatic carbocycles. The third kappa shape index (κ3) is 3.78. The highest BCUT2D eigenvalue weighted by molar-refractivity contribution is 7.87. The van der Waals surface area contributed by atoms with Gasteiger partial charge in [-0.2, -0.15) is 16.8 Å². The topological polar surface area (TPSA) is 169 Å². The number of aliphatic hydroxyl groups excluding tert-OH is 1. The van der Waals surface area contributed by atoms with E-state index in [2.05, 4.69) is 0 Å². The highest BCUT2D eigenvalue weighted by atomic mass is 32.2. The molecule has 11 atom stereocenters. The first-order chi connectivity index (χ1) is 19.3. The number of Topliss-reactive ketones (excluding diaryl/α,β-unsaturated/α-hetero) is 2. The standard InChI is InChI=1S/C28H40O12S2/c1-24(2)14-6-8-27(24,16(29)10-14)12-41(32,33)39-22-19-18(31)20-23(21(22)38-26(5,36-19)37-20)40-42(34,35)13-28-9-7-15(11-17(28)30)25(28,3)4/h14-15,18-23,31H,6-13H2,1-5H3/t14-,15-,18?,19-,20+,21?,22+,23-,26?,27-,28-/m1/s1. The van der Waals surface area contributed by atoms with Crippen LogP contribution in [-0.2, 0) is 52.4 Å². The second-order valence-electron chi connectivity index (χ2n) is 15.0. The summed E-state index contributed by atoms with van der Waals surface area (Å²) >= 11 is 0. The van der Waals surface area contributed by atoms with E-state index in [-0.39, 0.29) is 23.4 Å². The van der Waals surface area contributed by atoms with Crippen molar-refractivity contribution in [1.29, 1.82) is 0 Å². The Morgan fingerprint density at radius 1 is 0.714 bits per heavy atom. The maximum Gasteiger partial charge on any atom is 0.281 e. The second kappa shape index (κ2) is 8.62. The summed E-state index contributed by atoms with van der Waals surface area (Å²) in [4.78, 5) is 26.0. The maximum absolute atomic E-state index is 13.6. The van der Waals surface area contributed by atoms with Crippen LogP contribution >= 0.6 is 0 Å². The molecule has 8 fully saturated rings. The Morgan fingerprint density at radius 3 is 1.43 bits per heavy atom. The summed E-state index contributed by atoms with van der Waals surface area (Å²) in [5, 5.41) is 11.1. The van der Waals surface area contributed by atoms with Crippen LogP contribution in [0, 0.1) is 33.5 Å². The van der Waals surface area contributed by atoms with Crippen molar-refractivity contribution >= 4 is 31.8 Å². The molecular weight excluding hydrogens is 592 g/mol. The molecule has 8 bridgehead atoms. The van der Waals surface area contributed by atoms with Gasteiger partial charge in [0.05, 0.1) is 22.3 Å². The molecule has 42 heavy (non-hydrogen) atoms. The molecule has 14 heteroatoms. The predicted molar refractivity (Wildman–Crippen MR) is 143 cm³/mol. The van der Waals surface area contributed by atoms with Gasteiger partial charge in [-0.3, -0.25) is 18.0 Å². The van der Waals surface area contributed by atoms with Crippen LogP contribution < -0.4 is 0 Å². The van der Waals surface area contributed by atoms with Crippen LogP contribution in [0.2, 0.25) is 0 Å². The molecule has 3 heterocycles. The lowest BCUT2D eigenvalue weighted by Crippen LogP contribution is -2.79. The molecule has 1 N–H and O–H groups in total. The van der Waals surface area contributed by atoms with Gasteiger partial charge in [0.15, 0.2) is 0 Å². The molecule has 0 amide bonds. The molecule has 0 radical (unpaired) electrons. The van der Waals surface area contributed by atoms with Crippen LogP contribution in [-0.4, -0.2) is 87.6 Å². The number of hydrogen-bond acceptors (Lipinski definition) is 12. The highest BCUT2D eigenvalue weighted by Gasteiger charge is 2.71. The zero-order valence-corrected chi connectivity index (χ0v) is 26.2. The van der Waals surface area contributed by atoms with E-state index in [1.807, 2.05) is 27.7 Å². The number of aliphatic hydroxyl groups is 1. The minimum atomic E-state index is -4.40. The minimum absolute atomic E-state index is 0.0975. The zero-order chi connectivity index (χ0) is 30.5. The van der Waals surface area contributed by atoms with Crippen molar-refractivity contribution in [2.24, 2.45) is 33.5 Å². The van der Waals surface area contributed by atoms with Gasteiger partial charge < -0.3 is 19.3 Å². The average molecular weight is 633 g/mol. The normalized spacial score (nSPS) is 49.9. The average Bonchev–Trinajstić information content (AvgIpc) is 3.38. The van der Waals surface area contributed by atoms with Crippen LogP contribution in [0.5, 0.6) is 0 Å². The van der Waals surface area contributed by atoms with Gasteiger partial charge in [0.2, 0.25) is 0 Å². The molecule has 5 aliphatic carbocycles. The molecule has 0 aromatic heterocycles. The monoisotopic (exact) mass is 632 g/mol. The quantitative estimate of drug-likeness (QED) is 0.383. The summed E-state index contributed by atoms with van der Waals surface area (Å²) in [7, 11) is -8.80. The lowest BCUT2D eigenvalue weighted by molar-refractivity contribution is -0.527. The van der Waals surface area contributed by atoms with Crippen molar-refractivity contribution in [3.63, 3.8) is 0 Å².